The van der Waals surface area contributed by atoms with Crippen molar-refractivity contribution in [2.24, 2.45) is 0 Å². The largest absolute Gasteiger partial charge is 0.383 e. The minimum absolute atomic E-state index is 0.292. The van der Waals surface area contributed by atoms with Crippen molar-refractivity contribution in [3.8, 4) is 11.3 Å². The van der Waals surface area contributed by atoms with Crippen LogP contribution >= 0.6 is 0 Å². The number of imidazole rings is 1. The predicted octanol–water partition coefficient (Wildman–Crippen LogP) is 3.07. The third-order valence-corrected chi connectivity index (χ3v) is 2.76. The van der Waals surface area contributed by atoms with E-state index in [2.05, 4.69) is 11.9 Å². The maximum Gasteiger partial charge on any atom is 0.132 e. The highest BCUT2D eigenvalue weighted by molar-refractivity contribution is 5.70. The molecule has 4 heteroatoms. The van der Waals surface area contributed by atoms with Gasteiger partial charge >= 0.3 is 0 Å². The number of aromatic nitrogens is 2. The van der Waals surface area contributed by atoms with Crippen molar-refractivity contribution in [1.29, 1.82) is 0 Å². The standard InChI is InChI=1S/C13H16FN3/c1-2-3-8-17-9-16-12(13(17)15)10-6-4-5-7-11(10)14/h4-7,9H,2-3,8,15H2,1H3. The molecule has 2 N–H and O–H groups in total. The molecular formula is C13H16FN3. The third kappa shape index (κ3) is 2.30. The number of nitrogens with two attached hydrogens (primary N) is 1. The van der Waals surface area contributed by atoms with E-state index in [1.54, 1.807) is 24.5 Å². The van der Waals surface area contributed by atoms with Gasteiger partial charge in [0.15, 0.2) is 0 Å². The molecule has 0 saturated heterocycles. The summed E-state index contributed by atoms with van der Waals surface area (Å²) in [7, 11) is 0. The molecule has 0 aliphatic heterocycles. The highest BCUT2D eigenvalue weighted by Gasteiger charge is 2.12. The molecule has 0 radical (unpaired) electrons. The van der Waals surface area contributed by atoms with Crippen LogP contribution in [0.15, 0.2) is 30.6 Å². The van der Waals surface area contributed by atoms with Crippen LogP contribution in [0.3, 0.4) is 0 Å². The quantitative estimate of drug-likeness (QED) is 0.882. The monoisotopic (exact) mass is 233 g/mol. The normalized spacial score (nSPS) is 10.7. The lowest BCUT2D eigenvalue weighted by atomic mass is 10.1. The lowest BCUT2D eigenvalue weighted by Gasteiger charge is -2.05. The van der Waals surface area contributed by atoms with Gasteiger partial charge in [0.05, 0.1) is 6.33 Å². The van der Waals surface area contributed by atoms with E-state index < -0.39 is 0 Å². The zero-order valence-electron chi connectivity index (χ0n) is 9.86. The summed E-state index contributed by atoms with van der Waals surface area (Å²) in [6.45, 7) is 2.94. The molecule has 1 heterocycles. The number of nitrogens with zero attached hydrogens (tertiary/aromatic N) is 2. The summed E-state index contributed by atoms with van der Waals surface area (Å²) in [6, 6.07) is 6.55. The summed E-state index contributed by atoms with van der Waals surface area (Å²) >= 11 is 0. The van der Waals surface area contributed by atoms with E-state index in [1.807, 2.05) is 4.57 Å². The fraction of sp³-hybridized carbons (Fsp3) is 0.308. The Morgan fingerprint density at radius 2 is 2.12 bits per heavy atom. The van der Waals surface area contributed by atoms with Gasteiger partial charge in [0, 0.05) is 12.1 Å². The molecule has 0 amide bonds. The van der Waals surface area contributed by atoms with Gasteiger partial charge < -0.3 is 10.3 Å². The molecule has 1 aromatic heterocycles. The van der Waals surface area contributed by atoms with Crippen molar-refractivity contribution < 1.29 is 4.39 Å². The zero-order valence-corrected chi connectivity index (χ0v) is 9.86. The molecule has 0 fully saturated rings. The Bertz CT molecular complexity index is 505. The second-order valence-electron chi connectivity index (χ2n) is 4.01. The molecule has 0 atom stereocenters. The number of aryl methyl sites for hydroxylation is 1. The molecule has 0 bridgehead atoms. The summed E-state index contributed by atoms with van der Waals surface area (Å²) in [5, 5.41) is 0. The first-order valence-corrected chi connectivity index (χ1v) is 5.79. The van der Waals surface area contributed by atoms with Crippen molar-refractivity contribution in [2.45, 2.75) is 26.3 Å². The number of anilines is 1. The Hall–Kier alpha value is -1.84. The number of nitrogen functional groups attached to an aromatic ring is 1. The van der Waals surface area contributed by atoms with Gasteiger partial charge in [-0.3, -0.25) is 0 Å². The summed E-state index contributed by atoms with van der Waals surface area (Å²) < 4.78 is 15.5. The first kappa shape index (κ1) is 11.6. The van der Waals surface area contributed by atoms with Gasteiger partial charge in [-0.1, -0.05) is 25.5 Å². The van der Waals surface area contributed by atoms with E-state index in [9.17, 15) is 4.39 Å². The summed E-state index contributed by atoms with van der Waals surface area (Å²) in [5.41, 5.74) is 6.96. The number of hydrogen-bond acceptors (Lipinski definition) is 2. The second kappa shape index (κ2) is 4.99. The molecule has 3 nitrogen and oxygen atoms in total. The molecule has 0 aliphatic carbocycles. The third-order valence-electron chi connectivity index (χ3n) is 2.76. The Morgan fingerprint density at radius 3 is 2.82 bits per heavy atom. The Kier molecular flexibility index (Phi) is 3.42. The minimum Gasteiger partial charge on any atom is -0.383 e. The van der Waals surface area contributed by atoms with Gasteiger partial charge in [-0.05, 0) is 18.6 Å². The number of hydrogen-bond donors (Lipinski definition) is 1. The molecule has 0 spiro atoms. The molecule has 0 aliphatic rings. The maximum atomic E-state index is 13.6. The molecule has 90 valence electrons. The van der Waals surface area contributed by atoms with Crippen LogP contribution in [0.5, 0.6) is 0 Å². The highest BCUT2D eigenvalue weighted by atomic mass is 19.1. The molecule has 2 rings (SSSR count). The van der Waals surface area contributed by atoms with E-state index in [1.165, 1.54) is 6.07 Å². The average molecular weight is 233 g/mol. The van der Waals surface area contributed by atoms with E-state index in [4.69, 9.17) is 5.73 Å². The molecule has 17 heavy (non-hydrogen) atoms. The van der Waals surface area contributed by atoms with E-state index >= 15 is 0 Å². The molecule has 0 saturated carbocycles. The van der Waals surface area contributed by atoms with E-state index in [-0.39, 0.29) is 5.82 Å². The molecule has 2 aromatic rings. The number of unbranched alkanes of at least 4 members (excludes halogenated alkanes) is 1. The van der Waals surface area contributed by atoms with Gasteiger partial charge in [0.25, 0.3) is 0 Å². The first-order valence-electron chi connectivity index (χ1n) is 5.79. The fourth-order valence-electron chi connectivity index (χ4n) is 1.76. The molecule has 0 unspecified atom stereocenters. The lowest BCUT2D eigenvalue weighted by Crippen LogP contribution is -2.02. The average Bonchev–Trinajstić information content (AvgIpc) is 2.69. The van der Waals surface area contributed by atoms with E-state index in [0.717, 1.165) is 19.4 Å². The smallest absolute Gasteiger partial charge is 0.132 e. The van der Waals surface area contributed by atoms with Crippen LogP contribution in [0.2, 0.25) is 0 Å². The van der Waals surface area contributed by atoms with Crippen LogP contribution in [0.4, 0.5) is 10.2 Å². The zero-order chi connectivity index (χ0) is 12.3. The van der Waals surface area contributed by atoms with Crippen LogP contribution < -0.4 is 5.73 Å². The second-order valence-corrected chi connectivity index (χ2v) is 4.01. The Balaban J connectivity index is 2.34. The van der Waals surface area contributed by atoms with Gasteiger partial charge in [0.2, 0.25) is 0 Å². The van der Waals surface area contributed by atoms with Gasteiger partial charge in [-0.25, -0.2) is 9.37 Å². The SMILES string of the molecule is CCCCn1cnc(-c2ccccc2F)c1N. The van der Waals surface area contributed by atoms with Crippen LogP contribution in [-0.2, 0) is 6.54 Å². The van der Waals surface area contributed by atoms with Crippen molar-refractivity contribution in [3.05, 3.63) is 36.4 Å². The van der Waals surface area contributed by atoms with E-state index in [0.29, 0.717) is 17.1 Å². The number of rotatable bonds is 4. The maximum absolute atomic E-state index is 13.6. The van der Waals surface area contributed by atoms with Crippen LogP contribution in [0.1, 0.15) is 19.8 Å². The summed E-state index contributed by atoms with van der Waals surface area (Å²) in [6.07, 6.45) is 3.80. The van der Waals surface area contributed by atoms with Crippen molar-refractivity contribution in [1.82, 2.24) is 9.55 Å². The molecular weight excluding hydrogens is 217 g/mol. The van der Waals surface area contributed by atoms with Crippen molar-refractivity contribution in [2.75, 3.05) is 5.73 Å². The Labute approximate surface area is 100 Å². The molecule has 1 aromatic carbocycles. The number of halogens is 1. The van der Waals surface area contributed by atoms with Crippen LogP contribution in [0, 0.1) is 5.82 Å². The fourth-order valence-corrected chi connectivity index (χ4v) is 1.76. The minimum atomic E-state index is -0.292. The lowest BCUT2D eigenvalue weighted by molar-refractivity contribution is 0.630. The van der Waals surface area contributed by atoms with Crippen molar-refractivity contribution in [3.63, 3.8) is 0 Å². The summed E-state index contributed by atoms with van der Waals surface area (Å²) in [5.74, 6) is 0.239. The van der Waals surface area contributed by atoms with Crippen LogP contribution in [0.25, 0.3) is 11.3 Å². The van der Waals surface area contributed by atoms with Crippen molar-refractivity contribution >= 4 is 5.82 Å². The predicted molar refractivity (Wildman–Crippen MR) is 66.9 cm³/mol. The number of benzene rings is 1. The highest BCUT2D eigenvalue weighted by Crippen LogP contribution is 2.26. The van der Waals surface area contributed by atoms with Gasteiger partial charge in [-0.2, -0.15) is 0 Å². The van der Waals surface area contributed by atoms with Crippen LogP contribution in [-0.4, -0.2) is 9.55 Å². The topological polar surface area (TPSA) is 43.8 Å². The Morgan fingerprint density at radius 1 is 1.35 bits per heavy atom. The van der Waals surface area contributed by atoms with Gasteiger partial charge in [-0.15, -0.1) is 0 Å². The summed E-state index contributed by atoms with van der Waals surface area (Å²) in [4.78, 5) is 4.20. The first-order chi connectivity index (χ1) is 8.24. The van der Waals surface area contributed by atoms with Gasteiger partial charge in [0.1, 0.15) is 17.3 Å².